The number of amides is 3. The molecule has 0 bridgehead atoms. The van der Waals surface area contributed by atoms with Crippen LogP contribution in [0, 0.1) is 5.92 Å². The monoisotopic (exact) mass is 498 g/mol. The zero-order chi connectivity index (χ0) is 25.9. The van der Waals surface area contributed by atoms with Gasteiger partial charge in [-0.3, -0.25) is 14.4 Å². The number of likely N-dealkylation sites (N-methyl/N-ethyl adjacent to an activating group) is 1. The van der Waals surface area contributed by atoms with Crippen molar-refractivity contribution >= 4 is 27.7 Å². The molecule has 1 aromatic rings. The van der Waals surface area contributed by atoms with Crippen LogP contribution in [0.25, 0.3) is 0 Å². The van der Waals surface area contributed by atoms with Crippen LogP contribution in [0.15, 0.2) is 29.2 Å². The number of methoxy groups -OCH3 is 1. The maximum absolute atomic E-state index is 13.0. The standard InChI is InChI=1S/C23H38N4O6S/c1-7-27(8-2)34(31,32)19-12-9-11-18(15-19)22(29)25-21(17(3)4)23(30)26(5)16-20(28)24-13-10-14-33-6/h9,11-12,15,17,21H,7-8,10,13-14,16H2,1-6H3,(H,24,28)(H,25,29). The molecule has 10 nitrogen and oxygen atoms in total. The molecule has 1 rings (SSSR count). The van der Waals surface area contributed by atoms with Gasteiger partial charge in [-0.25, -0.2) is 8.42 Å². The number of ether oxygens (including phenoxy) is 1. The summed E-state index contributed by atoms with van der Waals surface area (Å²) >= 11 is 0. The Morgan fingerprint density at radius 3 is 2.32 bits per heavy atom. The van der Waals surface area contributed by atoms with Crippen molar-refractivity contribution < 1.29 is 27.5 Å². The summed E-state index contributed by atoms with van der Waals surface area (Å²) in [5.41, 5.74) is 0.130. The Morgan fingerprint density at radius 1 is 1.12 bits per heavy atom. The molecule has 0 aliphatic carbocycles. The predicted molar refractivity (Wildman–Crippen MR) is 130 cm³/mol. The van der Waals surface area contributed by atoms with Gasteiger partial charge in [-0.1, -0.05) is 33.8 Å². The third kappa shape index (κ3) is 8.37. The van der Waals surface area contributed by atoms with Crippen molar-refractivity contribution in [3.63, 3.8) is 0 Å². The van der Waals surface area contributed by atoms with Gasteiger partial charge in [0.2, 0.25) is 21.8 Å². The molecule has 0 heterocycles. The predicted octanol–water partition coefficient (Wildman–Crippen LogP) is 1.08. The highest BCUT2D eigenvalue weighted by molar-refractivity contribution is 7.89. The van der Waals surface area contributed by atoms with Crippen LogP contribution in [-0.4, -0.2) is 88.3 Å². The molecule has 3 amide bonds. The summed E-state index contributed by atoms with van der Waals surface area (Å²) in [7, 11) is -0.657. The maximum atomic E-state index is 13.0. The molecule has 0 aliphatic heterocycles. The van der Waals surface area contributed by atoms with Gasteiger partial charge in [0.1, 0.15) is 6.04 Å². The normalized spacial score (nSPS) is 12.5. The molecule has 0 radical (unpaired) electrons. The topological polar surface area (TPSA) is 125 Å². The van der Waals surface area contributed by atoms with E-state index in [1.54, 1.807) is 34.8 Å². The van der Waals surface area contributed by atoms with Gasteiger partial charge in [0, 0.05) is 46.0 Å². The van der Waals surface area contributed by atoms with Crippen LogP contribution in [0.1, 0.15) is 44.5 Å². The smallest absolute Gasteiger partial charge is 0.251 e. The Hall–Kier alpha value is -2.50. The van der Waals surface area contributed by atoms with E-state index in [4.69, 9.17) is 4.74 Å². The van der Waals surface area contributed by atoms with Crippen LogP contribution in [0.2, 0.25) is 0 Å². The first-order valence-electron chi connectivity index (χ1n) is 11.4. The Labute approximate surface area is 203 Å². The van der Waals surface area contributed by atoms with E-state index < -0.39 is 27.9 Å². The lowest BCUT2D eigenvalue weighted by Crippen LogP contribution is -2.52. The van der Waals surface area contributed by atoms with Crippen molar-refractivity contribution in [2.24, 2.45) is 5.92 Å². The van der Waals surface area contributed by atoms with Crippen molar-refractivity contribution in [2.75, 3.05) is 46.9 Å². The Morgan fingerprint density at radius 2 is 1.76 bits per heavy atom. The molecule has 0 spiro atoms. The van der Waals surface area contributed by atoms with Gasteiger partial charge in [0.25, 0.3) is 5.91 Å². The van der Waals surface area contributed by atoms with Gasteiger partial charge < -0.3 is 20.3 Å². The average molecular weight is 499 g/mol. The molecular weight excluding hydrogens is 460 g/mol. The number of hydrogen-bond donors (Lipinski definition) is 2. The number of carbonyl (C=O) groups is 3. The second-order valence-electron chi connectivity index (χ2n) is 8.20. The minimum absolute atomic E-state index is 0.0125. The van der Waals surface area contributed by atoms with E-state index in [0.717, 1.165) is 0 Å². The summed E-state index contributed by atoms with van der Waals surface area (Å²) in [5, 5.41) is 5.41. The van der Waals surface area contributed by atoms with Gasteiger partial charge in [-0.2, -0.15) is 4.31 Å². The number of hydrogen-bond acceptors (Lipinski definition) is 6. The zero-order valence-electron chi connectivity index (χ0n) is 21.0. The number of nitrogens with one attached hydrogen (secondary N) is 2. The van der Waals surface area contributed by atoms with Crippen LogP contribution in [0.4, 0.5) is 0 Å². The van der Waals surface area contributed by atoms with Crippen molar-refractivity contribution in [3.8, 4) is 0 Å². The minimum Gasteiger partial charge on any atom is -0.385 e. The SMILES string of the molecule is CCN(CC)S(=O)(=O)c1cccc(C(=O)NC(C(=O)N(C)CC(=O)NCCCOC)C(C)C)c1. The Balaban J connectivity index is 2.93. The average Bonchev–Trinajstić information content (AvgIpc) is 2.80. The van der Waals surface area contributed by atoms with Crippen LogP contribution >= 0.6 is 0 Å². The van der Waals surface area contributed by atoms with Crippen LogP contribution in [0.5, 0.6) is 0 Å². The molecule has 0 saturated heterocycles. The van der Waals surface area contributed by atoms with E-state index in [1.807, 2.05) is 0 Å². The number of nitrogens with zero attached hydrogens (tertiary/aromatic N) is 2. The molecule has 1 unspecified atom stereocenters. The fourth-order valence-electron chi connectivity index (χ4n) is 3.28. The highest BCUT2D eigenvalue weighted by Crippen LogP contribution is 2.17. The van der Waals surface area contributed by atoms with Gasteiger partial charge in [-0.15, -0.1) is 0 Å². The van der Waals surface area contributed by atoms with Gasteiger partial charge in [0.15, 0.2) is 0 Å². The highest BCUT2D eigenvalue weighted by atomic mass is 32.2. The summed E-state index contributed by atoms with van der Waals surface area (Å²) in [4.78, 5) is 39.3. The second-order valence-corrected chi connectivity index (χ2v) is 10.1. The molecule has 34 heavy (non-hydrogen) atoms. The fraction of sp³-hybridized carbons (Fsp3) is 0.609. The van der Waals surface area contributed by atoms with Crippen LogP contribution < -0.4 is 10.6 Å². The summed E-state index contributed by atoms with van der Waals surface area (Å²) in [6, 6.07) is 4.85. The first-order valence-corrected chi connectivity index (χ1v) is 12.8. The third-order valence-electron chi connectivity index (χ3n) is 5.26. The number of benzene rings is 1. The number of sulfonamides is 1. The van der Waals surface area contributed by atoms with Gasteiger partial charge in [0.05, 0.1) is 11.4 Å². The molecule has 0 aromatic heterocycles. The fourth-order valence-corrected chi connectivity index (χ4v) is 4.78. The lowest BCUT2D eigenvalue weighted by molar-refractivity contribution is -0.137. The first kappa shape index (κ1) is 29.5. The zero-order valence-corrected chi connectivity index (χ0v) is 21.8. The summed E-state index contributed by atoms with van der Waals surface area (Å²) < 4.78 is 31.8. The van der Waals surface area contributed by atoms with E-state index >= 15 is 0 Å². The summed E-state index contributed by atoms with van der Waals surface area (Å²) in [5.74, 6) is -1.55. The Kier molecular flexibility index (Phi) is 12.2. The Bertz CT molecular complexity index is 931. The molecule has 192 valence electrons. The van der Waals surface area contributed by atoms with Crippen molar-refractivity contribution in [3.05, 3.63) is 29.8 Å². The molecule has 0 aliphatic rings. The van der Waals surface area contributed by atoms with E-state index in [-0.39, 0.29) is 28.8 Å². The van der Waals surface area contributed by atoms with Crippen LogP contribution in [-0.2, 0) is 24.3 Å². The van der Waals surface area contributed by atoms with Gasteiger partial charge >= 0.3 is 0 Å². The van der Waals surface area contributed by atoms with Crippen molar-refractivity contribution in [1.82, 2.24) is 19.8 Å². The molecule has 11 heteroatoms. The molecule has 1 aromatic carbocycles. The van der Waals surface area contributed by atoms with Gasteiger partial charge in [-0.05, 0) is 30.5 Å². The molecule has 0 saturated carbocycles. The third-order valence-corrected chi connectivity index (χ3v) is 7.31. The molecule has 2 N–H and O–H groups in total. The molecule has 1 atom stereocenters. The molecular formula is C23H38N4O6S. The molecule has 0 fully saturated rings. The largest absolute Gasteiger partial charge is 0.385 e. The number of carbonyl (C=O) groups excluding carboxylic acids is 3. The van der Waals surface area contributed by atoms with Crippen molar-refractivity contribution in [1.29, 1.82) is 0 Å². The van der Waals surface area contributed by atoms with E-state index in [9.17, 15) is 22.8 Å². The van der Waals surface area contributed by atoms with E-state index in [1.165, 1.54) is 40.5 Å². The van der Waals surface area contributed by atoms with Crippen LogP contribution in [0.3, 0.4) is 0 Å². The summed E-state index contributed by atoms with van der Waals surface area (Å²) in [6.07, 6.45) is 0.660. The highest BCUT2D eigenvalue weighted by Gasteiger charge is 2.29. The first-order chi connectivity index (χ1) is 16.0. The minimum atomic E-state index is -3.73. The quantitative estimate of drug-likeness (QED) is 0.370. The second kappa shape index (κ2) is 14.0. The van der Waals surface area contributed by atoms with Crippen molar-refractivity contribution in [2.45, 2.75) is 45.1 Å². The summed E-state index contributed by atoms with van der Waals surface area (Å²) in [6.45, 7) is 8.48. The maximum Gasteiger partial charge on any atom is 0.251 e. The lowest BCUT2D eigenvalue weighted by atomic mass is 10.0. The lowest BCUT2D eigenvalue weighted by Gasteiger charge is -2.27. The van der Waals surface area contributed by atoms with E-state index in [2.05, 4.69) is 10.6 Å². The van der Waals surface area contributed by atoms with E-state index in [0.29, 0.717) is 32.7 Å². The number of rotatable bonds is 14.